The maximum absolute atomic E-state index is 4.16. The first-order valence-electron chi connectivity index (χ1n) is 5.16. The predicted octanol–water partition coefficient (Wildman–Crippen LogP) is -0.209. The number of hydrogen-bond acceptors (Lipinski definition) is 4. The van der Waals surface area contributed by atoms with Crippen molar-refractivity contribution >= 4 is 5.65 Å². The van der Waals surface area contributed by atoms with Crippen LogP contribution in [-0.2, 0) is 6.54 Å². The van der Waals surface area contributed by atoms with E-state index in [-0.39, 0.29) is 0 Å². The highest BCUT2D eigenvalue weighted by Crippen LogP contribution is 2.03. The highest BCUT2D eigenvalue weighted by Gasteiger charge is 2.16. The quantitative estimate of drug-likeness (QED) is 0.725. The van der Waals surface area contributed by atoms with E-state index in [1.165, 1.54) is 0 Å². The van der Waals surface area contributed by atoms with Gasteiger partial charge in [-0.05, 0) is 12.1 Å². The largest absolute Gasteiger partial charge is 0.314 e. The van der Waals surface area contributed by atoms with Crippen LogP contribution in [0.5, 0.6) is 0 Å². The molecule has 1 aliphatic heterocycles. The lowest BCUT2D eigenvalue weighted by Crippen LogP contribution is -2.55. The normalized spacial score (nSPS) is 16.8. The Morgan fingerprint density at radius 2 is 2.33 bits per heavy atom. The van der Waals surface area contributed by atoms with E-state index in [0.29, 0.717) is 6.04 Å². The molecule has 1 fully saturated rings. The van der Waals surface area contributed by atoms with Gasteiger partial charge in [0.2, 0.25) is 0 Å². The van der Waals surface area contributed by atoms with Crippen molar-refractivity contribution in [2.45, 2.75) is 12.6 Å². The summed E-state index contributed by atoms with van der Waals surface area (Å²) < 4.78 is 2.01. The number of hydrogen-bond donors (Lipinski definition) is 2. The molecule has 0 bridgehead atoms. The second-order valence-corrected chi connectivity index (χ2v) is 3.78. The van der Waals surface area contributed by atoms with E-state index in [2.05, 4.69) is 20.8 Å². The Hall–Kier alpha value is -1.46. The van der Waals surface area contributed by atoms with Crippen molar-refractivity contribution in [3.05, 3.63) is 30.2 Å². The Balaban J connectivity index is 1.78. The van der Waals surface area contributed by atoms with Gasteiger partial charge in [0, 0.05) is 25.3 Å². The van der Waals surface area contributed by atoms with Gasteiger partial charge in [0.25, 0.3) is 0 Å². The molecule has 3 heterocycles. The number of nitrogens with zero attached hydrogens (tertiary/aromatic N) is 3. The highest BCUT2D eigenvalue weighted by atomic mass is 15.3. The van der Waals surface area contributed by atoms with Gasteiger partial charge in [-0.15, -0.1) is 10.2 Å². The fourth-order valence-electron chi connectivity index (χ4n) is 1.68. The Morgan fingerprint density at radius 3 is 3.13 bits per heavy atom. The third-order valence-corrected chi connectivity index (χ3v) is 2.71. The van der Waals surface area contributed by atoms with Crippen LogP contribution in [0, 0.1) is 0 Å². The smallest absolute Gasteiger partial charge is 0.160 e. The van der Waals surface area contributed by atoms with Crippen LogP contribution in [0.25, 0.3) is 5.65 Å². The number of rotatable bonds is 3. The summed E-state index contributed by atoms with van der Waals surface area (Å²) in [6, 6.07) is 6.50. The molecule has 0 unspecified atom stereocenters. The number of fused-ring (bicyclic) bond motifs is 1. The van der Waals surface area contributed by atoms with Crippen LogP contribution < -0.4 is 10.6 Å². The number of pyridine rings is 1. The van der Waals surface area contributed by atoms with Crippen LogP contribution in [0.4, 0.5) is 0 Å². The van der Waals surface area contributed by atoms with Crippen molar-refractivity contribution in [3.63, 3.8) is 0 Å². The van der Waals surface area contributed by atoms with Crippen LogP contribution >= 0.6 is 0 Å². The molecule has 15 heavy (non-hydrogen) atoms. The van der Waals surface area contributed by atoms with Gasteiger partial charge in [0.1, 0.15) is 0 Å². The van der Waals surface area contributed by atoms with E-state index in [4.69, 9.17) is 0 Å². The topological polar surface area (TPSA) is 54.2 Å². The summed E-state index contributed by atoms with van der Waals surface area (Å²) in [5.41, 5.74) is 0.904. The van der Waals surface area contributed by atoms with Crippen molar-refractivity contribution in [2.24, 2.45) is 0 Å². The van der Waals surface area contributed by atoms with Crippen molar-refractivity contribution < 1.29 is 0 Å². The zero-order chi connectivity index (χ0) is 10.1. The molecule has 2 aromatic rings. The SMILES string of the molecule is c1ccn2c(CNC3CNC3)nnc2c1. The molecule has 0 amide bonds. The van der Waals surface area contributed by atoms with Crippen LogP contribution in [0.3, 0.4) is 0 Å². The molecule has 3 rings (SSSR count). The first-order chi connectivity index (χ1) is 7.43. The molecule has 0 atom stereocenters. The molecular weight excluding hydrogens is 190 g/mol. The number of nitrogens with one attached hydrogen (secondary N) is 2. The number of aromatic nitrogens is 3. The third-order valence-electron chi connectivity index (χ3n) is 2.71. The lowest BCUT2D eigenvalue weighted by molar-refractivity contribution is 0.361. The Labute approximate surface area is 87.5 Å². The van der Waals surface area contributed by atoms with Gasteiger partial charge in [-0.3, -0.25) is 4.40 Å². The van der Waals surface area contributed by atoms with E-state index in [1.54, 1.807) is 0 Å². The Kier molecular flexibility index (Phi) is 2.12. The van der Waals surface area contributed by atoms with E-state index >= 15 is 0 Å². The molecule has 0 aromatic carbocycles. The first kappa shape index (κ1) is 8.82. The maximum atomic E-state index is 4.16. The van der Waals surface area contributed by atoms with Crippen LogP contribution in [0.2, 0.25) is 0 Å². The summed E-state index contributed by atoms with van der Waals surface area (Å²) in [5.74, 6) is 0.970. The van der Waals surface area contributed by atoms with Crippen LogP contribution in [-0.4, -0.2) is 33.7 Å². The summed E-state index contributed by atoms with van der Waals surface area (Å²) in [5, 5.41) is 14.9. The van der Waals surface area contributed by atoms with Gasteiger partial charge in [0.05, 0.1) is 6.54 Å². The van der Waals surface area contributed by atoms with Crippen molar-refractivity contribution in [1.82, 2.24) is 25.2 Å². The minimum atomic E-state index is 0.584. The van der Waals surface area contributed by atoms with Crippen molar-refractivity contribution in [3.8, 4) is 0 Å². The zero-order valence-electron chi connectivity index (χ0n) is 8.35. The zero-order valence-corrected chi connectivity index (χ0v) is 8.35. The van der Waals surface area contributed by atoms with Gasteiger partial charge >= 0.3 is 0 Å². The molecule has 78 valence electrons. The van der Waals surface area contributed by atoms with E-state index in [1.807, 2.05) is 28.8 Å². The van der Waals surface area contributed by atoms with Gasteiger partial charge in [-0.2, -0.15) is 0 Å². The summed E-state index contributed by atoms with van der Waals surface area (Å²) in [7, 11) is 0. The highest BCUT2D eigenvalue weighted by molar-refractivity contribution is 5.36. The maximum Gasteiger partial charge on any atom is 0.160 e. The molecule has 5 nitrogen and oxygen atoms in total. The molecule has 0 saturated carbocycles. The molecule has 2 aromatic heterocycles. The van der Waals surface area contributed by atoms with Gasteiger partial charge in [0.15, 0.2) is 11.5 Å². The molecule has 5 heteroatoms. The standard InChI is InChI=1S/C10H13N5/c1-2-4-15-9(3-1)13-14-10(15)7-12-8-5-11-6-8/h1-4,8,11-12H,5-7H2. The summed E-state index contributed by atoms with van der Waals surface area (Å²) in [4.78, 5) is 0. The Bertz CT molecular complexity index is 460. The van der Waals surface area contributed by atoms with Crippen LogP contribution in [0.1, 0.15) is 5.82 Å². The van der Waals surface area contributed by atoms with Gasteiger partial charge < -0.3 is 10.6 Å². The first-order valence-corrected chi connectivity index (χ1v) is 5.16. The average molecular weight is 203 g/mol. The van der Waals surface area contributed by atoms with E-state index in [9.17, 15) is 0 Å². The summed E-state index contributed by atoms with van der Waals surface area (Å²) in [6.07, 6.45) is 1.99. The summed E-state index contributed by atoms with van der Waals surface area (Å²) in [6.45, 7) is 2.88. The van der Waals surface area contributed by atoms with Gasteiger partial charge in [-0.25, -0.2) is 0 Å². The molecule has 1 aliphatic rings. The van der Waals surface area contributed by atoms with E-state index in [0.717, 1.165) is 31.1 Å². The Morgan fingerprint density at radius 1 is 1.40 bits per heavy atom. The average Bonchev–Trinajstić information content (AvgIpc) is 2.60. The molecule has 0 radical (unpaired) electrons. The minimum Gasteiger partial charge on any atom is -0.314 e. The molecule has 0 aliphatic carbocycles. The molecular formula is C10H13N5. The predicted molar refractivity (Wildman–Crippen MR) is 56.5 cm³/mol. The van der Waals surface area contributed by atoms with Crippen molar-refractivity contribution in [1.29, 1.82) is 0 Å². The second kappa shape index (κ2) is 3.60. The lowest BCUT2D eigenvalue weighted by atomic mass is 10.2. The fourth-order valence-corrected chi connectivity index (χ4v) is 1.68. The van der Waals surface area contributed by atoms with Crippen LogP contribution in [0.15, 0.2) is 24.4 Å². The van der Waals surface area contributed by atoms with Crippen molar-refractivity contribution in [2.75, 3.05) is 13.1 Å². The molecule has 0 spiro atoms. The minimum absolute atomic E-state index is 0.584. The third kappa shape index (κ3) is 1.60. The van der Waals surface area contributed by atoms with E-state index < -0.39 is 0 Å². The fraction of sp³-hybridized carbons (Fsp3) is 0.400. The molecule has 1 saturated heterocycles. The monoisotopic (exact) mass is 203 g/mol. The van der Waals surface area contributed by atoms with Gasteiger partial charge in [-0.1, -0.05) is 6.07 Å². The molecule has 2 N–H and O–H groups in total. The second-order valence-electron chi connectivity index (χ2n) is 3.78. The summed E-state index contributed by atoms with van der Waals surface area (Å²) >= 11 is 0. The lowest BCUT2D eigenvalue weighted by Gasteiger charge is -2.27.